The van der Waals surface area contributed by atoms with Gasteiger partial charge in [0.1, 0.15) is 19.8 Å². The molecule has 2 unspecified atom stereocenters. The smallest absolute Gasteiger partial charge is 0.462 e. The third-order valence-corrected chi connectivity index (χ3v) is 10.6. The first-order valence-corrected chi connectivity index (χ1v) is 25.5. The number of phosphoric acid groups is 1. The second-order valence-corrected chi connectivity index (χ2v) is 18.2. The topological polar surface area (TPSA) is 108 Å². The van der Waals surface area contributed by atoms with E-state index in [-0.39, 0.29) is 26.1 Å². The highest BCUT2D eigenvalue weighted by Crippen LogP contribution is 2.43. The maximum Gasteiger partial charge on any atom is 0.472 e. The number of hydrogen-bond acceptors (Lipinski definition) is 7. The molecule has 0 aliphatic rings. The average molecular weight is 887 g/mol. The highest BCUT2D eigenvalue weighted by Gasteiger charge is 2.27. The van der Waals surface area contributed by atoms with Gasteiger partial charge in [-0.05, 0) is 96.3 Å². The van der Waals surface area contributed by atoms with Gasteiger partial charge in [-0.2, -0.15) is 0 Å². The number of rotatable bonds is 42. The van der Waals surface area contributed by atoms with E-state index >= 15 is 0 Å². The Labute approximate surface area is 379 Å². The molecule has 0 heterocycles. The quantitative estimate of drug-likeness (QED) is 0.0212. The van der Waals surface area contributed by atoms with Crippen LogP contribution >= 0.6 is 7.82 Å². The molecule has 0 spiro atoms. The van der Waals surface area contributed by atoms with Gasteiger partial charge in [0, 0.05) is 12.8 Å². The Hall–Kier alpha value is -3.07. The minimum Gasteiger partial charge on any atom is -0.462 e. The Morgan fingerprint density at radius 2 is 0.919 bits per heavy atom. The maximum absolute atomic E-state index is 12.7. The fourth-order valence-electron chi connectivity index (χ4n) is 5.87. The number of unbranched alkanes of at least 4 members (excludes halogenated alkanes) is 12. The number of carbonyl (C=O) groups is 2. The van der Waals surface area contributed by atoms with E-state index in [1.54, 1.807) is 0 Å². The molecule has 0 fully saturated rings. The van der Waals surface area contributed by atoms with Gasteiger partial charge < -0.3 is 18.9 Å². The number of esters is 2. The molecule has 0 rings (SSSR count). The number of carbonyl (C=O) groups excluding carboxylic acids is 2. The molecule has 0 radical (unpaired) electrons. The van der Waals surface area contributed by atoms with Gasteiger partial charge in [0.15, 0.2) is 6.10 Å². The van der Waals surface area contributed by atoms with E-state index < -0.39 is 32.5 Å². The summed E-state index contributed by atoms with van der Waals surface area (Å²) < 4.78 is 34.3. The van der Waals surface area contributed by atoms with Crippen molar-refractivity contribution in [3.8, 4) is 0 Å². The average Bonchev–Trinajstić information content (AvgIpc) is 3.23. The Kier molecular flexibility index (Phi) is 41.1. The van der Waals surface area contributed by atoms with E-state index in [0.29, 0.717) is 23.9 Å². The molecule has 0 aromatic heterocycles. The van der Waals surface area contributed by atoms with Gasteiger partial charge in [-0.1, -0.05) is 156 Å². The van der Waals surface area contributed by atoms with Crippen molar-refractivity contribution in [3.05, 3.63) is 97.2 Å². The second-order valence-electron chi connectivity index (χ2n) is 16.8. The molecular formula is C52H89NO8P+. The molecule has 354 valence electrons. The van der Waals surface area contributed by atoms with Crippen molar-refractivity contribution < 1.29 is 42.1 Å². The van der Waals surface area contributed by atoms with E-state index in [2.05, 4.69) is 111 Å². The Morgan fingerprint density at radius 1 is 0.516 bits per heavy atom. The van der Waals surface area contributed by atoms with Gasteiger partial charge in [0.2, 0.25) is 0 Å². The summed E-state index contributed by atoms with van der Waals surface area (Å²) in [5.74, 6) is -0.860. The van der Waals surface area contributed by atoms with Gasteiger partial charge in [0.05, 0.1) is 27.7 Å². The summed E-state index contributed by atoms with van der Waals surface area (Å²) in [6.07, 6.45) is 57.4. The summed E-state index contributed by atoms with van der Waals surface area (Å²) >= 11 is 0. The summed E-state index contributed by atoms with van der Waals surface area (Å²) in [5.41, 5.74) is 0. The Bertz CT molecular complexity index is 1370. The molecular weight excluding hydrogens is 798 g/mol. The number of hydrogen-bond donors (Lipinski definition) is 1. The van der Waals surface area contributed by atoms with Crippen LogP contribution in [0.5, 0.6) is 0 Å². The SMILES string of the molecule is CC/C=C\C/C=C\C/C=C\C/C=C\C/C=C\CCCCCC(=O)OC(COC(=O)CCCCCCCC/C=C\C/C=C\C/C=C\CCCCC)COP(=O)(O)OCC[N+](C)(C)C. The van der Waals surface area contributed by atoms with Crippen molar-refractivity contribution >= 4 is 19.8 Å². The minimum atomic E-state index is -4.40. The minimum absolute atomic E-state index is 0.0168. The van der Waals surface area contributed by atoms with Crippen molar-refractivity contribution in [2.75, 3.05) is 47.5 Å². The standard InChI is InChI=1S/C52H88NO8P/c1-6-8-10-12-14-16-18-20-22-24-26-28-30-32-34-36-38-40-42-44-51(54)58-48-50(49-60-62(56,57)59-47-46-53(3,4)5)61-52(55)45-43-41-39-37-35-33-31-29-27-25-23-21-19-17-15-13-11-9-7-2/h9,11,14-17,20-23,26-29,33,35,50H,6-8,10,12-13,18-19,24-25,30-32,34,36-49H2,1-5H3/p+1/b11-9-,16-14-,17-15-,22-20-,23-21-,28-26-,29-27-,35-33-. The first-order valence-electron chi connectivity index (χ1n) is 24.0. The van der Waals surface area contributed by atoms with Crippen molar-refractivity contribution in [2.24, 2.45) is 0 Å². The van der Waals surface area contributed by atoms with E-state index in [9.17, 15) is 19.0 Å². The highest BCUT2D eigenvalue weighted by atomic mass is 31.2. The molecule has 0 saturated carbocycles. The lowest BCUT2D eigenvalue weighted by Gasteiger charge is -2.24. The van der Waals surface area contributed by atoms with Crippen LogP contribution in [-0.2, 0) is 32.7 Å². The van der Waals surface area contributed by atoms with E-state index in [0.717, 1.165) is 96.3 Å². The molecule has 9 nitrogen and oxygen atoms in total. The number of phosphoric ester groups is 1. The van der Waals surface area contributed by atoms with E-state index in [1.807, 2.05) is 21.1 Å². The molecule has 0 aromatic rings. The molecule has 0 saturated heterocycles. The molecule has 0 amide bonds. The van der Waals surface area contributed by atoms with Crippen molar-refractivity contribution in [1.29, 1.82) is 0 Å². The van der Waals surface area contributed by atoms with Crippen LogP contribution in [-0.4, -0.2) is 74.9 Å². The van der Waals surface area contributed by atoms with Crippen LogP contribution in [0.3, 0.4) is 0 Å². The van der Waals surface area contributed by atoms with Crippen LogP contribution in [0, 0.1) is 0 Å². The normalized spacial score (nSPS) is 14.4. The van der Waals surface area contributed by atoms with Crippen LogP contribution < -0.4 is 0 Å². The largest absolute Gasteiger partial charge is 0.472 e. The predicted molar refractivity (Wildman–Crippen MR) is 261 cm³/mol. The highest BCUT2D eigenvalue weighted by molar-refractivity contribution is 7.47. The third-order valence-electron chi connectivity index (χ3n) is 9.60. The van der Waals surface area contributed by atoms with E-state index in [1.165, 1.54) is 32.1 Å². The Balaban J connectivity index is 4.42. The zero-order valence-electron chi connectivity index (χ0n) is 39.8. The molecule has 1 N–H and O–H groups in total. The van der Waals surface area contributed by atoms with Crippen LogP contribution in [0.2, 0.25) is 0 Å². The lowest BCUT2D eigenvalue weighted by Crippen LogP contribution is -2.37. The molecule has 62 heavy (non-hydrogen) atoms. The van der Waals surface area contributed by atoms with Crippen molar-refractivity contribution in [3.63, 3.8) is 0 Å². The summed E-state index contributed by atoms with van der Waals surface area (Å²) in [5, 5.41) is 0. The molecule has 0 aromatic carbocycles. The third kappa shape index (κ3) is 46.4. The zero-order chi connectivity index (χ0) is 45.7. The fraction of sp³-hybridized carbons (Fsp3) is 0.654. The van der Waals surface area contributed by atoms with Gasteiger partial charge in [-0.15, -0.1) is 0 Å². The van der Waals surface area contributed by atoms with Gasteiger partial charge >= 0.3 is 19.8 Å². The molecule has 2 atom stereocenters. The summed E-state index contributed by atoms with van der Waals surface area (Å²) in [6, 6.07) is 0. The van der Waals surface area contributed by atoms with Crippen LogP contribution in [0.25, 0.3) is 0 Å². The van der Waals surface area contributed by atoms with E-state index in [4.69, 9.17) is 18.5 Å². The lowest BCUT2D eigenvalue weighted by atomic mass is 10.1. The van der Waals surface area contributed by atoms with Gasteiger partial charge in [-0.3, -0.25) is 18.6 Å². The predicted octanol–water partition coefficient (Wildman–Crippen LogP) is 14.1. The lowest BCUT2D eigenvalue weighted by molar-refractivity contribution is -0.870. The van der Waals surface area contributed by atoms with Gasteiger partial charge in [-0.25, -0.2) is 4.57 Å². The van der Waals surface area contributed by atoms with Crippen molar-refractivity contribution in [1.82, 2.24) is 0 Å². The monoisotopic (exact) mass is 887 g/mol. The number of nitrogens with zero attached hydrogens (tertiary/aromatic N) is 1. The number of allylic oxidation sites excluding steroid dienone is 16. The number of quaternary nitrogens is 1. The summed E-state index contributed by atoms with van der Waals surface area (Å²) in [7, 11) is 1.43. The zero-order valence-corrected chi connectivity index (χ0v) is 40.7. The summed E-state index contributed by atoms with van der Waals surface area (Å²) in [4.78, 5) is 35.5. The molecule has 0 bridgehead atoms. The number of likely N-dealkylation sites (N-methyl/N-ethyl adjacent to an activating group) is 1. The van der Waals surface area contributed by atoms with Crippen molar-refractivity contribution in [2.45, 2.75) is 174 Å². The van der Waals surface area contributed by atoms with Crippen LogP contribution in [0.15, 0.2) is 97.2 Å². The Morgan fingerprint density at radius 3 is 1.39 bits per heavy atom. The molecule has 0 aliphatic heterocycles. The molecule has 0 aliphatic carbocycles. The first kappa shape index (κ1) is 58.9. The van der Waals surface area contributed by atoms with Crippen LogP contribution in [0.4, 0.5) is 0 Å². The first-order chi connectivity index (χ1) is 30.0. The van der Waals surface area contributed by atoms with Crippen LogP contribution in [0.1, 0.15) is 168 Å². The molecule has 10 heteroatoms. The maximum atomic E-state index is 12.7. The van der Waals surface area contributed by atoms with Gasteiger partial charge in [0.25, 0.3) is 0 Å². The fourth-order valence-corrected chi connectivity index (χ4v) is 6.61. The second kappa shape index (κ2) is 43.2. The number of ether oxygens (including phenoxy) is 2. The summed E-state index contributed by atoms with van der Waals surface area (Å²) in [6.45, 7) is 4.21.